The number of hydrogen-bond acceptors (Lipinski definition) is 3. The smallest absolute Gasteiger partial charge is 0.123 e. The van der Waals surface area contributed by atoms with Crippen LogP contribution < -0.4 is 0 Å². The lowest BCUT2D eigenvalue weighted by molar-refractivity contribution is 0.104. The Morgan fingerprint density at radius 3 is 2.55 bits per heavy atom. The van der Waals surface area contributed by atoms with Crippen molar-refractivity contribution in [2.45, 2.75) is 31.5 Å². The molecule has 116 valence electrons. The Labute approximate surface area is 134 Å². The van der Waals surface area contributed by atoms with Crippen LogP contribution in [0.25, 0.3) is 0 Å². The minimum atomic E-state index is -0.631. The molecule has 1 aromatic heterocycles. The van der Waals surface area contributed by atoms with Crippen molar-refractivity contribution in [3.63, 3.8) is 0 Å². The number of benzene rings is 1. The van der Waals surface area contributed by atoms with Crippen LogP contribution in [0.2, 0.25) is 5.02 Å². The van der Waals surface area contributed by atoms with Gasteiger partial charge in [-0.15, -0.1) is 0 Å². The summed E-state index contributed by atoms with van der Waals surface area (Å²) in [6, 6.07) is 10.2. The van der Waals surface area contributed by atoms with Gasteiger partial charge in [0.05, 0.1) is 16.8 Å². The van der Waals surface area contributed by atoms with Crippen molar-refractivity contribution in [3.8, 4) is 0 Å². The molecule has 1 aromatic carbocycles. The molecule has 1 heterocycles. The molecule has 1 aliphatic rings. The molecule has 0 saturated heterocycles. The third-order valence-electron chi connectivity index (χ3n) is 3.88. The standard InChI is InChI=1S/C17H18ClFN2O/c18-13-3-6-15(20-9-13)10-21(16-7-8-16)11-17(22)12-1-4-14(19)5-2-12/h1-6,9,16-17,22H,7-8,10-11H2. The Kier molecular flexibility index (Phi) is 4.71. The molecule has 1 saturated carbocycles. The number of aliphatic hydroxyl groups is 1. The summed E-state index contributed by atoms with van der Waals surface area (Å²) < 4.78 is 13.0. The van der Waals surface area contributed by atoms with Gasteiger partial charge in [-0.2, -0.15) is 0 Å². The van der Waals surface area contributed by atoms with Crippen LogP contribution in [-0.4, -0.2) is 27.6 Å². The summed E-state index contributed by atoms with van der Waals surface area (Å²) in [4.78, 5) is 6.54. The van der Waals surface area contributed by atoms with Crippen LogP contribution in [0.5, 0.6) is 0 Å². The van der Waals surface area contributed by atoms with Crippen LogP contribution in [0.3, 0.4) is 0 Å². The number of nitrogens with zero attached hydrogens (tertiary/aromatic N) is 2. The lowest BCUT2D eigenvalue weighted by atomic mass is 10.1. The molecule has 2 aromatic rings. The summed E-state index contributed by atoms with van der Waals surface area (Å²) in [6.45, 7) is 1.20. The molecule has 0 spiro atoms. The highest BCUT2D eigenvalue weighted by Gasteiger charge is 2.30. The summed E-state index contributed by atoms with van der Waals surface area (Å²) in [5.74, 6) is -0.291. The monoisotopic (exact) mass is 320 g/mol. The highest BCUT2D eigenvalue weighted by Crippen LogP contribution is 2.30. The van der Waals surface area contributed by atoms with Gasteiger partial charge in [-0.3, -0.25) is 9.88 Å². The van der Waals surface area contributed by atoms with Crippen LogP contribution in [-0.2, 0) is 6.54 Å². The molecule has 0 amide bonds. The van der Waals surface area contributed by atoms with Gasteiger partial charge in [-0.05, 0) is 42.7 Å². The van der Waals surface area contributed by atoms with E-state index >= 15 is 0 Å². The number of rotatable bonds is 6. The Bertz CT molecular complexity index is 614. The lowest BCUT2D eigenvalue weighted by Gasteiger charge is -2.24. The molecule has 22 heavy (non-hydrogen) atoms. The van der Waals surface area contributed by atoms with E-state index in [-0.39, 0.29) is 5.82 Å². The van der Waals surface area contributed by atoms with Crippen molar-refractivity contribution >= 4 is 11.6 Å². The molecule has 1 fully saturated rings. The molecule has 0 radical (unpaired) electrons. The highest BCUT2D eigenvalue weighted by molar-refractivity contribution is 6.30. The zero-order valence-corrected chi connectivity index (χ0v) is 12.9. The maximum Gasteiger partial charge on any atom is 0.123 e. The van der Waals surface area contributed by atoms with Gasteiger partial charge in [-0.1, -0.05) is 23.7 Å². The van der Waals surface area contributed by atoms with Gasteiger partial charge in [0.15, 0.2) is 0 Å². The molecule has 1 unspecified atom stereocenters. The van der Waals surface area contributed by atoms with Crippen molar-refractivity contribution in [1.29, 1.82) is 0 Å². The van der Waals surface area contributed by atoms with Gasteiger partial charge in [0.2, 0.25) is 0 Å². The first-order valence-corrected chi connectivity index (χ1v) is 7.77. The first-order valence-electron chi connectivity index (χ1n) is 7.40. The maximum atomic E-state index is 13.0. The fraction of sp³-hybridized carbons (Fsp3) is 0.353. The summed E-state index contributed by atoms with van der Waals surface area (Å²) >= 11 is 5.85. The topological polar surface area (TPSA) is 36.4 Å². The fourth-order valence-corrected chi connectivity index (χ4v) is 2.61. The van der Waals surface area contributed by atoms with Crippen LogP contribution in [0.4, 0.5) is 4.39 Å². The minimum absolute atomic E-state index is 0.291. The molecule has 0 bridgehead atoms. The largest absolute Gasteiger partial charge is 0.387 e. The Hall–Kier alpha value is -1.49. The van der Waals surface area contributed by atoms with Crippen molar-refractivity contribution in [3.05, 3.63) is 64.7 Å². The summed E-state index contributed by atoms with van der Waals surface area (Å²) in [7, 11) is 0. The van der Waals surface area contributed by atoms with E-state index in [4.69, 9.17) is 11.6 Å². The number of aromatic nitrogens is 1. The van der Waals surface area contributed by atoms with E-state index in [0.29, 0.717) is 24.2 Å². The van der Waals surface area contributed by atoms with Crippen molar-refractivity contribution in [2.24, 2.45) is 0 Å². The first-order chi connectivity index (χ1) is 10.6. The van der Waals surface area contributed by atoms with E-state index in [2.05, 4.69) is 9.88 Å². The fourth-order valence-electron chi connectivity index (χ4n) is 2.50. The SMILES string of the molecule is OC(CN(Cc1ccc(Cl)cn1)C1CC1)c1ccc(F)cc1. The summed E-state index contributed by atoms with van der Waals surface area (Å²) in [5.41, 5.74) is 1.67. The van der Waals surface area contributed by atoms with E-state index in [9.17, 15) is 9.50 Å². The number of halogens is 2. The molecule has 1 atom stereocenters. The lowest BCUT2D eigenvalue weighted by Crippen LogP contribution is -2.30. The van der Waals surface area contributed by atoms with Crippen molar-refractivity contribution in [2.75, 3.05) is 6.54 Å². The molecule has 3 rings (SSSR count). The normalized spacial score (nSPS) is 16.0. The zero-order chi connectivity index (χ0) is 15.5. The Morgan fingerprint density at radius 1 is 1.23 bits per heavy atom. The van der Waals surface area contributed by atoms with Gasteiger partial charge in [-0.25, -0.2) is 4.39 Å². The summed E-state index contributed by atoms with van der Waals surface area (Å²) in [6.07, 6.45) is 3.29. The third kappa shape index (κ3) is 4.03. The first kappa shape index (κ1) is 15.4. The molecule has 1 aliphatic carbocycles. The van der Waals surface area contributed by atoms with Crippen molar-refractivity contribution < 1.29 is 9.50 Å². The maximum absolute atomic E-state index is 13.0. The second-order valence-electron chi connectivity index (χ2n) is 5.70. The van der Waals surface area contributed by atoms with Crippen LogP contribution >= 0.6 is 11.6 Å². The van der Waals surface area contributed by atoms with E-state index < -0.39 is 6.10 Å². The molecular formula is C17H18ClFN2O. The van der Waals surface area contributed by atoms with Crippen LogP contribution in [0, 0.1) is 5.82 Å². The molecule has 1 N–H and O–H groups in total. The Morgan fingerprint density at radius 2 is 1.95 bits per heavy atom. The van der Waals surface area contributed by atoms with Crippen molar-refractivity contribution in [1.82, 2.24) is 9.88 Å². The van der Waals surface area contributed by atoms with E-state index in [1.165, 1.54) is 12.1 Å². The molecule has 0 aliphatic heterocycles. The zero-order valence-electron chi connectivity index (χ0n) is 12.1. The average molecular weight is 321 g/mol. The van der Waals surface area contributed by atoms with Gasteiger partial charge < -0.3 is 5.11 Å². The van der Waals surface area contributed by atoms with Crippen LogP contribution in [0.15, 0.2) is 42.6 Å². The number of hydrogen-bond donors (Lipinski definition) is 1. The van der Waals surface area contributed by atoms with Crippen LogP contribution in [0.1, 0.15) is 30.2 Å². The quantitative estimate of drug-likeness (QED) is 0.884. The summed E-state index contributed by atoms with van der Waals surface area (Å²) in [5, 5.41) is 11.0. The minimum Gasteiger partial charge on any atom is -0.387 e. The van der Waals surface area contributed by atoms with E-state index in [0.717, 1.165) is 24.1 Å². The predicted octanol–water partition coefficient (Wildman–Crippen LogP) is 3.57. The second kappa shape index (κ2) is 6.73. The Balaban J connectivity index is 1.66. The van der Waals surface area contributed by atoms with Gasteiger partial charge in [0, 0.05) is 25.3 Å². The molecule has 5 heteroatoms. The highest BCUT2D eigenvalue weighted by atomic mass is 35.5. The van der Waals surface area contributed by atoms with Gasteiger partial charge in [0.1, 0.15) is 5.82 Å². The van der Waals surface area contributed by atoms with E-state index in [1.807, 2.05) is 12.1 Å². The van der Waals surface area contributed by atoms with E-state index in [1.54, 1.807) is 18.3 Å². The number of pyridine rings is 1. The average Bonchev–Trinajstić information content (AvgIpc) is 3.34. The molecule has 3 nitrogen and oxygen atoms in total. The molecular weight excluding hydrogens is 303 g/mol. The third-order valence-corrected chi connectivity index (χ3v) is 4.10. The number of aliphatic hydroxyl groups excluding tert-OH is 1. The predicted molar refractivity (Wildman–Crippen MR) is 84.0 cm³/mol. The second-order valence-corrected chi connectivity index (χ2v) is 6.13. The van der Waals surface area contributed by atoms with Gasteiger partial charge in [0.25, 0.3) is 0 Å². The van der Waals surface area contributed by atoms with Gasteiger partial charge >= 0.3 is 0 Å².